The summed E-state index contributed by atoms with van der Waals surface area (Å²) in [5.74, 6) is -1.56. The van der Waals surface area contributed by atoms with Crippen molar-refractivity contribution in [3.63, 3.8) is 0 Å². The summed E-state index contributed by atoms with van der Waals surface area (Å²) in [4.78, 5) is 46.0. The smallest absolute Gasteiger partial charge is 0.338 e. The molecule has 0 aliphatic heterocycles. The molecule has 3 amide bonds. The first-order valence-electron chi connectivity index (χ1n) is 9.18. The number of halogens is 1. The highest BCUT2D eigenvalue weighted by Crippen LogP contribution is 2.37. The number of methoxy groups -OCH3 is 1. The van der Waals surface area contributed by atoms with Crippen molar-refractivity contribution in [3.05, 3.63) is 57.1 Å². The van der Waals surface area contributed by atoms with Crippen LogP contribution >= 0.6 is 11.6 Å². The zero-order valence-corrected chi connectivity index (χ0v) is 18.1. The number of hydrogen-bond donors (Lipinski definition) is 2. The predicted octanol–water partition coefficient (Wildman–Crippen LogP) is 3.44. The Kier molecular flexibility index (Phi) is 8.36. The minimum absolute atomic E-state index is 0.0271. The lowest BCUT2D eigenvalue weighted by Gasteiger charge is -2.12. The van der Waals surface area contributed by atoms with Gasteiger partial charge >= 0.3 is 17.7 Å². The maximum Gasteiger partial charge on any atom is 0.338 e. The highest BCUT2D eigenvalue weighted by atomic mass is 35.5. The van der Waals surface area contributed by atoms with Crippen LogP contribution in [0.1, 0.15) is 24.2 Å². The number of imide groups is 1. The van der Waals surface area contributed by atoms with E-state index in [-0.39, 0.29) is 39.6 Å². The van der Waals surface area contributed by atoms with Crippen molar-refractivity contribution >= 4 is 35.2 Å². The third kappa shape index (κ3) is 6.84. The lowest BCUT2D eigenvalue weighted by molar-refractivity contribution is -0.385. The Balaban J connectivity index is 2.09. The van der Waals surface area contributed by atoms with Crippen LogP contribution in [0, 0.1) is 10.1 Å². The highest BCUT2D eigenvalue weighted by Gasteiger charge is 2.20. The number of nitro benzene ring substituents is 1. The van der Waals surface area contributed by atoms with E-state index in [0.717, 1.165) is 6.07 Å². The van der Waals surface area contributed by atoms with Crippen molar-refractivity contribution < 1.29 is 33.5 Å². The number of amides is 3. The van der Waals surface area contributed by atoms with Crippen molar-refractivity contribution in [1.29, 1.82) is 0 Å². The van der Waals surface area contributed by atoms with E-state index in [0.29, 0.717) is 0 Å². The van der Waals surface area contributed by atoms with E-state index < -0.39 is 29.4 Å². The Morgan fingerprint density at radius 3 is 2.41 bits per heavy atom. The van der Waals surface area contributed by atoms with Crippen molar-refractivity contribution in [3.8, 4) is 17.2 Å². The molecular formula is C20H20ClN3O8. The van der Waals surface area contributed by atoms with Crippen molar-refractivity contribution in [2.75, 3.05) is 13.7 Å². The fraction of sp³-hybridized carbons (Fsp3) is 0.250. The summed E-state index contributed by atoms with van der Waals surface area (Å²) in [6, 6.07) is 6.97. The van der Waals surface area contributed by atoms with Gasteiger partial charge in [0.05, 0.1) is 17.6 Å². The Morgan fingerprint density at radius 1 is 1.09 bits per heavy atom. The molecule has 0 radical (unpaired) electrons. The third-order valence-electron chi connectivity index (χ3n) is 3.74. The molecule has 0 bridgehead atoms. The van der Waals surface area contributed by atoms with Crippen molar-refractivity contribution in [2.24, 2.45) is 0 Å². The van der Waals surface area contributed by atoms with E-state index >= 15 is 0 Å². The van der Waals surface area contributed by atoms with Gasteiger partial charge in [-0.2, -0.15) is 0 Å². The first-order chi connectivity index (χ1) is 15.1. The average Bonchev–Trinajstić information content (AvgIpc) is 2.72. The molecule has 0 aliphatic carbocycles. The number of carbonyl (C=O) groups is 3. The van der Waals surface area contributed by atoms with E-state index in [1.54, 1.807) is 13.8 Å². The van der Waals surface area contributed by atoms with Gasteiger partial charge in [-0.1, -0.05) is 11.6 Å². The summed E-state index contributed by atoms with van der Waals surface area (Å²) < 4.78 is 15.6. The van der Waals surface area contributed by atoms with Crippen LogP contribution in [0.15, 0.2) is 36.4 Å². The van der Waals surface area contributed by atoms with Gasteiger partial charge < -0.3 is 19.5 Å². The molecule has 2 rings (SSSR count). The molecule has 0 saturated carbocycles. The second-order valence-electron chi connectivity index (χ2n) is 6.59. The summed E-state index contributed by atoms with van der Waals surface area (Å²) in [5, 5.41) is 15.9. The zero-order chi connectivity index (χ0) is 23.8. The van der Waals surface area contributed by atoms with E-state index in [1.807, 2.05) is 5.32 Å². The molecule has 11 nitrogen and oxygen atoms in total. The van der Waals surface area contributed by atoms with Gasteiger partial charge in [0.1, 0.15) is 0 Å². The van der Waals surface area contributed by atoms with Crippen LogP contribution in [0.5, 0.6) is 17.2 Å². The van der Waals surface area contributed by atoms with Gasteiger partial charge in [0, 0.05) is 17.1 Å². The molecule has 0 spiro atoms. The molecule has 2 aromatic rings. The van der Waals surface area contributed by atoms with Gasteiger partial charge in [-0.15, -0.1) is 0 Å². The largest absolute Gasteiger partial charge is 0.493 e. The molecule has 2 aromatic carbocycles. The molecule has 0 fully saturated rings. The van der Waals surface area contributed by atoms with E-state index in [9.17, 15) is 24.5 Å². The van der Waals surface area contributed by atoms with Crippen LogP contribution in [0.3, 0.4) is 0 Å². The first-order valence-corrected chi connectivity index (χ1v) is 9.55. The van der Waals surface area contributed by atoms with Gasteiger partial charge in [0.2, 0.25) is 5.75 Å². The standard InChI is InChI=1S/C20H20ClN3O8/c1-11(2)22-20(27)23-18(25)10-31-19(26)12-4-6-16(17(8-12)30-3)32-15-7-5-13(21)9-14(15)24(28)29/h4-9,11H,10H2,1-3H3,(H2,22,23,25,27). The Morgan fingerprint density at radius 2 is 1.78 bits per heavy atom. The molecular weight excluding hydrogens is 446 g/mol. The second kappa shape index (κ2) is 11.0. The number of rotatable bonds is 8. The van der Waals surface area contributed by atoms with Gasteiger partial charge in [-0.3, -0.25) is 20.2 Å². The zero-order valence-electron chi connectivity index (χ0n) is 17.3. The molecule has 0 heterocycles. The van der Waals surface area contributed by atoms with Crippen LogP contribution in [0.2, 0.25) is 5.02 Å². The molecule has 0 atom stereocenters. The number of nitro groups is 1. The number of nitrogens with zero attached hydrogens (tertiary/aromatic N) is 1. The molecule has 0 unspecified atom stereocenters. The molecule has 2 N–H and O–H groups in total. The SMILES string of the molecule is COc1cc(C(=O)OCC(=O)NC(=O)NC(C)C)ccc1Oc1ccc(Cl)cc1[N+](=O)[O-]. The molecule has 170 valence electrons. The number of hydrogen-bond acceptors (Lipinski definition) is 8. The summed E-state index contributed by atoms with van der Waals surface area (Å²) in [7, 11) is 1.31. The van der Waals surface area contributed by atoms with Crippen LogP contribution < -0.4 is 20.1 Å². The highest BCUT2D eigenvalue weighted by molar-refractivity contribution is 6.30. The minimum Gasteiger partial charge on any atom is -0.493 e. The fourth-order valence-electron chi connectivity index (χ4n) is 2.39. The molecule has 12 heteroatoms. The van der Waals surface area contributed by atoms with Gasteiger partial charge in [-0.25, -0.2) is 9.59 Å². The molecule has 32 heavy (non-hydrogen) atoms. The van der Waals surface area contributed by atoms with Crippen molar-refractivity contribution in [1.82, 2.24) is 10.6 Å². The van der Waals surface area contributed by atoms with Crippen LogP contribution in [0.25, 0.3) is 0 Å². The second-order valence-corrected chi connectivity index (χ2v) is 7.03. The van der Waals surface area contributed by atoms with E-state index in [4.69, 9.17) is 25.8 Å². The molecule has 0 aliphatic rings. The number of esters is 1. The lowest BCUT2D eigenvalue weighted by Crippen LogP contribution is -2.44. The summed E-state index contributed by atoms with van der Waals surface area (Å²) in [5.41, 5.74) is -0.324. The lowest BCUT2D eigenvalue weighted by atomic mass is 10.2. The third-order valence-corrected chi connectivity index (χ3v) is 3.98. The summed E-state index contributed by atoms with van der Waals surface area (Å²) in [6.45, 7) is 2.76. The maximum atomic E-state index is 12.2. The van der Waals surface area contributed by atoms with Crippen LogP contribution in [-0.2, 0) is 9.53 Å². The van der Waals surface area contributed by atoms with Crippen molar-refractivity contribution in [2.45, 2.75) is 19.9 Å². The first kappa shape index (κ1) is 24.4. The number of carbonyl (C=O) groups excluding carboxylic acids is 3. The Labute approximate surface area is 187 Å². The monoisotopic (exact) mass is 465 g/mol. The Hall–Kier alpha value is -3.86. The summed E-state index contributed by atoms with van der Waals surface area (Å²) in [6.07, 6.45) is 0. The van der Waals surface area contributed by atoms with Gasteiger partial charge in [0.15, 0.2) is 18.1 Å². The predicted molar refractivity (Wildman–Crippen MR) is 113 cm³/mol. The Bertz CT molecular complexity index is 1040. The minimum atomic E-state index is -0.855. The van der Waals surface area contributed by atoms with E-state index in [1.165, 1.54) is 37.4 Å². The molecule has 0 aromatic heterocycles. The van der Waals surface area contributed by atoms with Crippen LogP contribution in [0.4, 0.5) is 10.5 Å². The maximum absolute atomic E-state index is 12.2. The quantitative estimate of drug-likeness (QED) is 0.342. The number of urea groups is 1. The average molecular weight is 466 g/mol. The fourth-order valence-corrected chi connectivity index (χ4v) is 2.56. The number of nitrogens with one attached hydrogen (secondary N) is 2. The normalized spacial score (nSPS) is 10.3. The summed E-state index contributed by atoms with van der Waals surface area (Å²) >= 11 is 5.79. The number of benzene rings is 2. The van der Waals surface area contributed by atoms with Gasteiger partial charge in [-0.05, 0) is 44.2 Å². The van der Waals surface area contributed by atoms with Crippen LogP contribution in [-0.4, -0.2) is 42.6 Å². The van der Waals surface area contributed by atoms with Gasteiger partial charge in [0.25, 0.3) is 5.91 Å². The van der Waals surface area contributed by atoms with E-state index in [2.05, 4.69) is 5.32 Å². The number of ether oxygens (including phenoxy) is 3. The molecule has 0 saturated heterocycles. The topological polar surface area (TPSA) is 146 Å².